The third-order valence-corrected chi connectivity index (χ3v) is 3.56. The van der Waals surface area contributed by atoms with Crippen LogP contribution in [0.5, 0.6) is 5.75 Å². The van der Waals surface area contributed by atoms with E-state index in [4.69, 9.17) is 0 Å². The Morgan fingerprint density at radius 2 is 1.61 bits per heavy atom. The number of phenols is 1. The molecule has 0 aliphatic carbocycles. The fourth-order valence-electron chi connectivity index (χ4n) is 2.22. The van der Waals surface area contributed by atoms with Crippen LogP contribution in [0, 0.1) is 0 Å². The quantitative estimate of drug-likeness (QED) is 0.772. The maximum atomic E-state index is 12.3. The molecule has 3 aromatic rings. The van der Waals surface area contributed by atoms with E-state index < -0.39 is 0 Å². The summed E-state index contributed by atoms with van der Waals surface area (Å²) in [6.07, 6.45) is 3.93. The van der Waals surface area contributed by atoms with Crippen LogP contribution >= 0.6 is 0 Å². The number of aromatic hydroxyl groups is 1. The van der Waals surface area contributed by atoms with Crippen LogP contribution in [0.4, 0.5) is 16.2 Å². The van der Waals surface area contributed by atoms with Gasteiger partial charge in [0.05, 0.1) is 0 Å². The lowest BCUT2D eigenvalue weighted by molar-refractivity contribution is 0.258. The van der Waals surface area contributed by atoms with Crippen LogP contribution in [-0.4, -0.2) is 22.8 Å². The average molecular weight is 307 g/mol. The van der Waals surface area contributed by atoms with Crippen LogP contribution in [0.3, 0.4) is 0 Å². The number of nitrogens with one attached hydrogen (secondary N) is 1. The van der Waals surface area contributed by atoms with E-state index in [1.54, 1.807) is 31.3 Å². The largest absolute Gasteiger partial charge is 0.508 e. The van der Waals surface area contributed by atoms with E-state index in [2.05, 4.69) is 5.32 Å². The lowest BCUT2D eigenvalue weighted by Gasteiger charge is -2.18. The summed E-state index contributed by atoms with van der Waals surface area (Å²) in [6.45, 7) is 0. The van der Waals surface area contributed by atoms with Crippen molar-refractivity contribution < 1.29 is 9.90 Å². The number of carbonyl (C=O) groups excluding carboxylic acids is 1. The van der Waals surface area contributed by atoms with Crippen LogP contribution in [-0.2, 0) is 0 Å². The zero-order valence-corrected chi connectivity index (χ0v) is 12.7. The van der Waals surface area contributed by atoms with Gasteiger partial charge in [0, 0.05) is 36.5 Å². The minimum Gasteiger partial charge on any atom is -0.508 e. The molecule has 0 saturated carbocycles. The highest BCUT2D eigenvalue weighted by Crippen LogP contribution is 2.19. The van der Waals surface area contributed by atoms with Crippen LogP contribution in [0.2, 0.25) is 0 Å². The molecular formula is C18H17N3O2. The van der Waals surface area contributed by atoms with E-state index in [1.807, 2.05) is 53.4 Å². The summed E-state index contributed by atoms with van der Waals surface area (Å²) in [4.78, 5) is 13.7. The molecule has 0 fully saturated rings. The van der Waals surface area contributed by atoms with E-state index in [-0.39, 0.29) is 11.8 Å². The molecule has 0 aliphatic heterocycles. The summed E-state index contributed by atoms with van der Waals surface area (Å²) >= 11 is 0. The highest BCUT2D eigenvalue weighted by molar-refractivity contribution is 6.01. The van der Waals surface area contributed by atoms with Crippen molar-refractivity contribution in [1.82, 2.24) is 4.57 Å². The lowest BCUT2D eigenvalue weighted by Crippen LogP contribution is -2.31. The Morgan fingerprint density at radius 1 is 1.00 bits per heavy atom. The Kier molecular flexibility index (Phi) is 4.01. The van der Waals surface area contributed by atoms with Gasteiger partial charge in [-0.15, -0.1) is 0 Å². The van der Waals surface area contributed by atoms with Crippen molar-refractivity contribution in [2.75, 3.05) is 17.3 Å². The summed E-state index contributed by atoms with van der Waals surface area (Å²) < 4.78 is 1.99. The number of hydrogen-bond acceptors (Lipinski definition) is 2. The SMILES string of the molecule is CN(C(=O)Nc1ccc(-n2cccc2)cc1)c1ccc(O)cc1. The van der Waals surface area contributed by atoms with E-state index in [0.29, 0.717) is 5.69 Å². The molecule has 0 unspecified atom stereocenters. The van der Waals surface area contributed by atoms with E-state index in [1.165, 1.54) is 4.90 Å². The van der Waals surface area contributed by atoms with Gasteiger partial charge < -0.3 is 15.0 Å². The van der Waals surface area contributed by atoms with Crippen molar-refractivity contribution in [2.45, 2.75) is 0 Å². The van der Waals surface area contributed by atoms with Gasteiger partial charge in [-0.1, -0.05) is 0 Å². The summed E-state index contributed by atoms with van der Waals surface area (Å²) in [5, 5.41) is 12.1. The zero-order valence-electron chi connectivity index (χ0n) is 12.7. The second-order valence-electron chi connectivity index (χ2n) is 5.14. The number of hydrogen-bond donors (Lipinski definition) is 2. The molecule has 0 saturated heterocycles. The van der Waals surface area contributed by atoms with Crippen LogP contribution < -0.4 is 10.2 Å². The molecule has 23 heavy (non-hydrogen) atoms. The normalized spacial score (nSPS) is 10.3. The van der Waals surface area contributed by atoms with Gasteiger partial charge in [0.1, 0.15) is 5.75 Å². The highest BCUT2D eigenvalue weighted by Gasteiger charge is 2.11. The van der Waals surface area contributed by atoms with Gasteiger partial charge >= 0.3 is 6.03 Å². The van der Waals surface area contributed by atoms with Gasteiger partial charge in [-0.2, -0.15) is 0 Å². The monoisotopic (exact) mass is 307 g/mol. The van der Waals surface area contributed by atoms with E-state index in [0.717, 1.165) is 11.4 Å². The summed E-state index contributed by atoms with van der Waals surface area (Å²) in [7, 11) is 1.68. The number of amides is 2. The van der Waals surface area contributed by atoms with Gasteiger partial charge in [0.15, 0.2) is 0 Å². The molecule has 0 bridgehead atoms. The fourth-order valence-corrected chi connectivity index (χ4v) is 2.22. The van der Waals surface area contributed by atoms with Crippen molar-refractivity contribution in [2.24, 2.45) is 0 Å². The number of carbonyl (C=O) groups is 1. The third-order valence-electron chi connectivity index (χ3n) is 3.56. The molecule has 116 valence electrons. The number of phenolic OH excluding ortho intramolecular Hbond substituents is 1. The first-order valence-electron chi connectivity index (χ1n) is 7.20. The Balaban J connectivity index is 1.69. The van der Waals surface area contributed by atoms with Gasteiger partial charge in [-0.25, -0.2) is 4.79 Å². The molecule has 1 heterocycles. The lowest BCUT2D eigenvalue weighted by atomic mass is 10.2. The minimum atomic E-state index is -0.246. The minimum absolute atomic E-state index is 0.170. The smallest absolute Gasteiger partial charge is 0.326 e. The molecular weight excluding hydrogens is 290 g/mol. The number of rotatable bonds is 3. The topological polar surface area (TPSA) is 57.5 Å². The van der Waals surface area contributed by atoms with Crippen molar-refractivity contribution >= 4 is 17.4 Å². The summed E-state index contributed by atoms with van der Waals surface area (Å²) in [6, 6.07) is 17.7. The maximum absolute atomic E-state index is 12.3. The molecule has 3 rings (SSSR count). The Morgan fingerprint density at radius 3 is 2.22 bits per heavy atom. The number of anilines is 2. The molecule has 0 aliphatic rings. The van der Waals surface area contributed by atoms with E-state index >= 15 is 0 Å². The molecule has 5 heteroatoms. The van der Waals surface area contributed by atoms with Gasteiger partial charge in [0.25, 0.3) is 0 Å². The van der Waals surface area contributed by atoms with E-state index in [9.17, 15) is 9.90 Å². The number of urea groups is 1. The van der Waals surface area contributed by atoms with Crippen molar-refractivity contribution in [3.8, 4) is 11.4 Å². The molecule has 2 N–H and O–H groups in total. The highest BCUT2D eigenvalue weighted by atomic mass is 16.3. The predicted molar refractivity (Wildman–Crippen MR) is 91.3 cm³/mol. The van der Waals surface area contributed by atoms with Crippen LogP contribution in [0.1, 0.15) is 0 Å². The molecule has 5 nitrogen and oxygen atoms in total. The van der Waals surface area contributed by atoms with Crippen molar-refractivity contribution in [3.05, 3.63) is 73.1 Å². The molecule has 2 aromatic carbocycles. The standard InChI is InChI=1S/C18H17N3O2/c1-20(15-8-10-17(22)11-9-15)18(23)19-14-4-6-16(7-5-14)21-12-2-3-13-21/h2-13,22H,1H3,(H,19,23). The third kappa shape index (κ3) is 3.35. The van der Waals surface area contributed by atoms with Crippen LogP contribution in [0.15, 0.2) is 73.1 Å². The first kappa shape index (κ1) is 14.7. The maximum Gasteiger partial charge on any atom is 0.326 e. The van der Waals surface area contributed by atoms with Gasteiger partial charge in [-0.3, -0.25) is 4.90 Å². The van der Waals surface area contributed by atoms with Gasteiger partial charge in [0.2, 0.25) is 0 Å². The molecule has 0 atom stereocenters. The molecule has 0 spiro atoms. The van der Waals surface area contributed by atoms with Crippen molar-refractivity contribution in [1.29, 1.82) is 0 Å². The average Bonchev–Trinajstić information content (AvgIpc) is 3.10. The second kappa shape index (κ2) is 6.27. The van der Waals surface area contributed by atoms with Crippen molar-refractivity contribution in [3.63, 3.8) is 0 Å². The molecule has 0 radical (unpaired) electrons. The van der Waals surface area contributed by atoms with Crippen LogP contribution in [0.25, 0.3) is 5.69 Å². The summed E-state index contributed by atoms with van der Waals surface area (Å²) in [5.74, 6) is 0.170. The fraction of sp³-hybridized carbons (Fsp3) is 0.0556. The molecule has 2 amide bonds. The Hall–Kier alpha value is -3.21. The Bertz CT molecular complexity index is 778. The molecule has 1 aromatic heterocycles. The second-order valence-corrected chi connectivity index (χ2v) is 5.14. The number of nitrogens with zero attached hydrogens (tertiary/aromatic N) is 2. The van der Waals surface area contributed by atoms with Gasteiger partial charge in [-0.05, 0) is 60.7 Å². The Labute approximate surface area is 134 Å². The number of aromatic nitrogens is 1. The first-order valence-corrected chi connectivity index (χ1v) is 7.20. The number of benzene rings is 2. The predicted octanol–water partition coefficient (Wildman–Crippen LogP) is 3.85. The summed E-state index contributed by atoms with van der Waals surface area (Å²) in [5.41, 5.74) is 2.45. The zero-order chi connectivity index (χ0) is 16.2. The first-order chi connectivity index (χ1) is 11.1.